The zero-order chi connectivity index (χ0) is 14.1. The zero-order valence-electron chi connectivity index (χ0n) is 11.1. The highest BCUT2D eigenvalue weighted by Gasteiger charge is 2.30. The third-order valence-corrected chi connectivity index (χ3v) is 3.52. The van der Waals surface area contributed by atoms with Gasteiger partial charge in [-0.05, 0) is 24.3 Å². The van der Waals surface area contributed by atoms with Crippen molar-refractivity contribution in [1.29, 1.82) is 0 Å². The van der Waals surface area contributed by atoms with Crippen LogP contribution in [-0.4, -0.2) is 28.6 Å². The molecule has 0 spiro atoms. The number of pyridine rings is 1. The molecule has 1 aromatic heterocycles. The monoisotopic (exact) mass is 268 g/mol. The summed E-state index contributed by atoms with van der Waals surface area (Å²) in [6.45, 7) is 4.47. The van der Waals surface area contributed by atoms with Gasteiger partial charge in [-0.3, -0.25) is 0 Å². The van der Waals surface area contributed by atoms with Crippen molar-refractivity contribution >= 4 is 22.6 Å². The molecular weight excluding hydrogens is 252 g/mol. The Morgan fingerprint density at radius 2 is 2.20 bits per heavy atom. The van der Waals surface area contributed by atoms with Crippen LogP contribution in [0.2, 0.25) is 0 Å². The second-order valence-electron chi connectivity index (χ2n) is 5.03. The number of aromatic nitrogens is 1. The molecule has 1 saturated carbocycles. The zero-order valence-corrected chi connectivity index (χ0v) is 11.1. The summed E-state index contributed by atoms with van der Waals surface area (Å²) in [5.74, 6) is -0.241. The van der Waals surface area contributed by atoms with Crippen molar-refractivity contribution in [3.05, 3.63) is 48.7 Å². The Hall–Kier alpha value is -2.36. The molecule has 1 heterocycles. The lowest BCUT2D eigenvalue weighted by Crippen LogP contribution is -2.27. The molecule has 3 rings (SSSR count). The van der Waals surface area contributed by atoms with E-state index in [-0.39, 0.29) is 5.69 Å². The van der Waals surface area contributed by atoms with E-state index in [1.165, 1.54) is 0 Å². The maximum Gasteiger partial charge on any atom is 0.354 e. The average Bonchev–Trinajstić information content (AvgIpc) is 3.28. The number of anilines is 1. The molecule has 0 bridgehead atoms. The Bertz CT molecular complexity index is 677. The number of nitrogens with zero attached hydrogens (tertiary/aromatic N) is 2. The maximum atomic E-state index is 11.3. The first-order valence-corrected chi connectivity index (χ1v) is 6.71. The fraction of sp³-hybridized carbons (Fsp3) is 0.250. The first-order chi connectivity index (χ1) is 9.70. The summed E-state index contributed by atoms with van der Waals surface area (Å²) >= 11 is 0. The Kier molecular flexibility index (Phi) is 3.14. The molecule has 1 aliphatic rings. The van der Waals surface area contributed by atoms with Gasteiger partial charge < -0.3 is 10.0 Å². The quantitative estimate of drug-likeness (QED) is 0.847. The largest absolute Gasteiger partial charge is 0.477 e. The van der Waals surface area contributed by atoms with Gasteiger partial charge in [0.05, 0.1) is 0 Å². The highest BCUT2D eigenvalue weighted by Crippen LogP contribution is 2.34. The van der Waals surface area contributed by atoms with E-state index >= 15 is 0 Å². The molecule has 0 aliphatic heterocycles. The molecule has 1 N–H and O–H groups in total. The molecule has 2 aromatic rings. The molecule has 4 nitrogen and oxygen atoms in total. The third kappa shape index (κ3) is 2.25. The molecule has 0 amide bonds. The Labute approximate surface area is 117 Å². The SMILES string of the molecule is C=CCN(c1nc(C(=O)O)cc2ccccc12)C1CC1. The number of carboxylic acids is 1. The number of rotatable bonds is 5. The van der Waals surface area contributed by atoms with Crippen molar-refractivity contribution in [3.63, 3.8) is 0 Å². The highest BCUT2D eigenvalue weighted by atomic mass is 16.4. The van der Waals surface area contributed by atoms with E-state index < -0.39 is 5.97 Å². The number of benzene rings is 1. The lowest BCUT2D eigenvalue weighted by Gasteiger charge is -2.23. The van der Waals surface area contributed by atoms with Crippen molar-refractivity contribution in [2.45, 2.75) is 18.9 Å². The molecular formula is C16H16N2O2. The van der Waals surface area contributed by atoms with Crippen molar-refractivity contribution in [3.8, 4) is 0 Å². The van der Waals surface area contributed by atoms with Gasteiger partial charge in [-0.25, -0.2) is 9.78 Å². The molecule has 0 radical (unpaired) electrons. The van der Waals surface area contributed by atoms with E-state index in [1.54, 1.807) is 6.07 Å². The summed E-state index contributed by atoms with van der Waals surface area (Å²) in [6, 6.07) is 9.85. The second-order valence-corrected chi connectivity index (χ2v) is 5.03. The number of hydrogen-bond acceptors (Lipinski definition) is 3. The number of carbonyl (C=O) groups is 1. The van der Waals surface area contributed by atoms with Crippen molar-refractivity contribution in [2.24, 2.45) is 0 Å². The van der Waals surface area contributed by atoms with E-state index in [1.807, 2.05) is 30.3 Å². The first-order valence-electron chi connectivity index (χ1n) is 6.71. The molecule has 102 valence electrons. The normalized spacial score (nSPS) is 14.2. The van der Waals surface area contributed by atoms with Crippen LogP contribution in [0.15, 0.2) is 43.0 Å². The van der Waals surface area contributed by atoms with Crippen molar-refractivity contribution in [1.82, 2.24) is 4.98 Å². The summed E-state index contributed by atoms with van der Waals surface area (Å²) in [7, 11) is 0. The fourth-order valence-corrected chi connectivity index (χ4v) is 2.44. The summed E-state index contributed by atoms with van der Waals surface area (Å²) < 4.78 is 0. The predicted molar refractivity (Wildman–Crippen MR) is 79.3 cm³/mol. The Balaban J connectivity index is 2.20. The van der Waals surface area contributed by atoms with Gasteiger partial charge in [-0.2, -0.15) is 0 Å². The molecule has 0 atom stereocenters. The highest BCUT2D eigenvalue weighted by molar-refractivity contribution is 5.98. The van der Waals surface area contributed by atoms with E-state index in [4.69, 9.17) is 0 Å². The number of carboxylic acid groups (broad SMARTS) is 1. The van der Waals surface area contributed by atoms with Crippen LogP contribution >= 0.6 is 0 Å². The lowest BCUT2D eigenvalue weighted by atomic mass is 10.1. The number of hydrogen-bond donors (Lipinski definition) is 1. The summed E-state index contributed by atoms with van der Waals surface area (Å²) in [5, 5.41) is 11.1. The van der Waals surface area contributed by atoms with Gasteiger partial charge in [0.2, 0.25) is 0 Å². The molecule has 1 aromatic carbocycles. The van der Waals surface area contributed by atoms with Gasteiger partial charge in [-0.15, -0.1) is 6.58 Å². The predicted octanol–water partition coefficient (Wildman–Crippen LogP) is 3.09. The summed E-state index contributed by atoms with van der Waals surface area (Å²) in [6.07, 6.45) is 4.09. The van der Waals surface area contributed by atoms with Crippen LogP contribution in [-0.2, 0) is 0 Å². The van der Waals surface area contributed by atoms with E-state index in [0.29, 0.717) is 12.6 Å². The molecule has 1 fully saturated rings. The maximum absolute atomic E-state index is 11.3. The van der Waals surface area contributed by atoms with Crippen LogP contribution in [0.5, 0.6) is 0 Å². The number of fused-ring (bicyclic) bond motifs is 1. The van der Waals surface area contributed by atoms with Gasteiger partial charge in [0, 0.05) is 18.0 Å². The Morgan fingerprint density at radius 1 is 1.45 bits per heavy atom. The van der Waals surface area contributed by atoms with Gasteiger partial charge >= 0.3 is 5.97 Å². The molecule has 20 heavy (non-hydrogen) atoms. The van der Waals surface area contributed by atoms with Gasteiger partial charge in [-0.1, -0.05) is 30.3 Å². The third-order valence-electron chi connectivity index (χ3n) is 3.52. The molecule has 0 unspecified atom stereocenters. The smallest absolute Gasteiger partial charge is 0.354 e. The minimum Gasteiger partial charge on any atom is -0.477 e. The van der Waals surface area contributed by atoms with E-state index in [9.17, 15) is 9.90 Å². The minimum absolute atomic E-state index is 0.0911. The van der Waals surface area contributed by atoms with Gasteiger partial charge in [0.25, 0.3) is 0 Å². The van der Waals surface area contributed by atoms with Crippen LogP contribution in [0, 0.1) is 0 Å². The van der Waals surface area contributed by atoms with Crippen LogP contribution in [0.25, 0.3) is 10.8 Å². The number of aromatic carboxylic acids is 1. The van der Waals surface area contributed by atoms with Crippen LogP contribution in [0.4, 0.5) is 5.82 Å². The first kappa shape index (κ1) is 12.7. The fourth-order valence-electron chi connectivity index (χ4n) is 2.44. The second kappa shape index (κ2) is 4.96. The van der Waals surface area contributed by atoms with Crippen molar-refractivity contribution in [2.75, 3.05) is 11.4 Å². The average molecular weight is 268 g/mol. The Morgan fingerprint density at radius 3 is 2.85 bits per heavy atom. The topological polar surface area (TPSA) is 53.4 Å². The summed E-state index contributed by atoms with van der Waals surface area (Å²) in [5.41, 5.74) is 0.0911. The van der Waals surface area contributed by atoms with E-state index in [2.05, 4.69) is 16.5 Å². The molecule has 4 heteroatoms. The van der Waals surface area contributed by atoms with Gasteiger partial charge in [0.1, 0.15) is 5.82 Å². The molecule has 1 aliphatic carbocycles. The molecule has 0 saturated heterocycles. The standard InChI is InChI=1S/C16H16N2O2/c1-2-9-18(12-7-8-12)15-13-6-4-3-5-11(13)10-14(17-15)16(19)20/h2-6,10,12H,1,7-9H2,(H,19,20). The van der Waals surface area contributed by atoms with E-state index in [0.717, 1.165) is 29.4 Å². The summed E-state index contributed by atoms with van der Waals surface area (Å²) in [4.78, 5) is 17.8. The van der Waals surface area contributed by atoms with Crippen LogP contribution in [0.3, 0.4) is 0 Å². The van der Waals surface area contributed by atoms with Crippen molar-refractivity contribution < 1.29 is 9.90 Å². The van der Waals surface area contributed by atoms with Crippen LogP contribution < -0.4 is 4.90 Å². The van der Waals surface area contributed by atoms with Crippen LogP contribution in [0.1, 0.15) is 23.3 Å². The van der Waals surface area contributed by atoms with Gasteiger partial charge in [0.15, 0.2) is 5.69 Å². The minimum atomic E-state index is -0.994. The lowest BCUT2D eigenvalue weighted by molar-refractivity contribution is 0.0691.